The summed E-state index contributed by atoms with van der Waals surface area (Å²) in [6, 6.07) is 1.93. The van der Waals surface area contributed by atoms with Crippen LogP contribution in [0.25, 0.3) is 0 Å². The van der Waals surface area contributed by atoms with E-state index in [0.717, 1.165) is 5.71 Å². The predicted octanol–water partition coefficient (Wildman–Crippen LogP) is 3.16. The highest BCUT2D eigenvalue weighted by Crippen LogP contribution is 2.29. The highest BCUT2D eigenvalue weighted by Gasteiger charge is 2.33. The lowest BCUT2D eigenvalue weighted by Gasteiger charge is -2.26. The summed E-state index contributed by atoms with van der Waals surface area (Å²) in [6.07, 6.45) is -2.94. The number of alkyl halides is 3. The van der Waals surface area contributed by atoms with Gasteiger partial charge < -0.3 is 4.84 Å². The molecule has 0 heterocycles. The van der Waals surface area contributed by atoms with Gasteiger partial charge in [0.25, 0.3) is 0 Å². The highest BCUT2D eigenvalue weighted by molar-refractivity contribution is 7.85. The largest absolute Gasteiger partial charge is 0.396 e. The van der Waals surface area contributed by atoms with Gasteiger partial charge in [-0.25, -0.2) is 0 Å². The van der Waals surface area contributed by atoms with Gasteiger partial charge >= 0.3 is 6.18 Å². The van der Waals surface area contributed by atoms with Gasteiger partial charge in [-0.2, -0.15) is 18.4 Å². The fraction of sp³-hybridized carbons (Fsp3) is 0.846. The summed E-state index contributed by atoms with van der Waals surface area (Å²) in [7, 11) is -1.77. The van der Waals surface area contributed by atoms with E-state index in [1.54, 1.807) is 0 Å². The summed E-state index contributed by atoms with van der Waals surface area (Å²) in [5, 5.41) is 12.2. The van der Waals surface area contributed by atoms with Crippen LogP contribution in [0.5, 0.6) is 0 Å². The Bertz CT molecular complexity index is 422. The Morgan fingerprint density at radius 1 is 1.48 bits per heavy atom. The number of nitrogens with zero attached hydrogens (tertiary/aromatic N) is 2. The molecule has 1 aliphatic rings. The molecule has 0 spiro atoms. The van der Waals surface area contributed by atoms with Crippen molar-refractivity contribution in [3.05, 3.63) is 0 Å². The molecule has 2 unspecified atom stereocenters. The first-order chi connectivity index (χ1) is 9.87. The molecule has 0 aromatic rings. The molecule has 0 radical (unpaired) electrons. The van der Waals surface area contributed by atoms with E-state index in [0.29, 0.717) is 32.3 Å². The molecule has 1 rings (SSSR count). The van der Waals surface area contributed by atoms with Crippen LogP contribution in [0.2, 0.25) is 0 Å². The Kier molecular flexibility index (Phi) is 7.15. The first kappa shape index (κ1) is 18.0. The number of hydrogen-bond acceptors (Lipinski definition) is 4. The molecule has 1 fully saturated rings. The van der Waals surface area contributed by atoms with Crippen molar-refractivity contribution < 1.29 is 22.2 Å². The quantitative estimate of drug-likeness (QED) is 0.705. The smallest absolute Gasteiger partial charge is 0.390 e. The first-order valence-electron chi connectivity index (χ1n) is 6.88. The summed E-state index contributed by atoms with van der Waals surface area (Å²) in [6.45, 7) is 2.31. The third-order valence-electron chi connectivity index (χ3n) is 3.36. The Hall–Kier alpha value is -1.10. The maximum Gasteiger partial charge on any atom is 0.390 e. The van der Waals surface area contributed by atoms with Gasteiger partial charge in [-0.15, -0.1) is 0 Å². The first-order valence-corrected chi connectivity index (χ1v) is 8.26. The zero-order chi connectivity index (χ0) is 15.9. The molecule has 0 bridgehead atoms. The number of hydrogen-bond donors (Lipinski definition) is 0. The van der Waals surface area contributed by atoms with Crippen molar-refractivity contribution in [1.82, 2.24) is 0 Å². The van der Waals surface area contributed by atoms with Crippen LogP contribution in [0.15, 0.2) is 5.16 Å². The molecule has 2 atom stereocenters. The fourth-order valence-corrected chi connectivity index (χ4v) is 3.75. The van der Waals surface area contributed by atoms with Gasteiger partial charge in [-0.05, 0) is 38.5 Å². The predicted molar refractivity (Wildman–Crippen MR) is 74.1 cm³/mol. The summed E-state index contributed by atoms with van der Waals surface area (Å²) < 4.78 is 48.4. The molecular weight excluding hydrogens is 305 g/mol. The molecule has 0 amide bonds. The molecule has 0 N–H and O–H groups in total. The lowest BCUT2D eigenvalue weighted by atomic mass is 9.86. The second-order valence-corrected chi connectivity index (χ2v) is 6.59. The van der Waals surface area contributed by atoms with Crippen molar-refractivity contribution in [1.29, 1.82) is 5.26 Å². The molecule has 0 saturated heterocycles. The second kappa shape index (κ2) is 8.37. The molecule has 0 aliphatic heterocycles. The van der Waals surface area contributed by atoms with E-state index < -0.39 is 34.4 Å². The Balaban J connectivity index is 2.51. The van der Waals surface area contributed by atoms with Crippen LogP contribution < -0.4 is 0 Å². The normalized spacial score (nSPS) is 22.2. The van der Waals surface area contributed by atoms with Gasteiger partial charge in [0.1, 0.15) is 11.9 Å². The van der Waals surface area contributed by atoms with E-state index >= 15 is 0 Å². The van der Waals surface area contributed by atoms with Crippen LogP contribution in [0, 0.1) is 17.2 Å². The maximum absolute atomic E-state index is 12.1. The van der Waals surface area contributed by atoms with E-state index in [-0.39, 0.29) is 5.92 Å². The van der Waals surface area contributed by atoms with Crippen molar-refractivity contribution in [2.75, 3.05) is 12.4 Å². The summed E-state index contributed by atoms with van der Waals surface area (Å²) in [5.41, 5.74) is 0.894. The van der Waals surface area contributed by atoms with E-state index in [9.17, 15) is 17.4 Å². The minimum atomic E-state index is -4.33. The lowest BCUT2D eigenvalue weighted by molar-refractivity contribution is -0.129. The van der Waals surface area contributed by atoms with E-state index in [2.05, 4.69) is 5.16 Å². The van der Waals surface area contributed by atoms with Gasteiger partial charge in [-0.1, -0.05) is 5.16 Å². The highest BCUT2D eigenvalue weighted by atomic mass is 32.2. The third-order valence-corrected chi connectivity index (χ3v) is 5.02. The summed E-state index contributed by atoms with van der Waals surface area (Å²) in [4.78, 5) is 4.96. The Labute approximate surface area is 124 Å². The van der Waals surface area contributed by atoms with Crippen LogP contribution in [0.4, 0.5) is 13.2 Å². The van der Waals surface area contributed by atoms with Crippen LogP contribution >= 0.6 is 0 Å². The molecule has 0 aromatic carbocycles. The second-order valence-electron chi connectivity index (χ2n) is 4.91. The van der Waals surface area contributed by atoms with Gasteiger partial charge in [0.2, 0.25) is 0 Å². The lowest BCUT2D eigenvalue weighted by Crippen LogP contribution is -2.30. The molecule has 1 saturated carbocycles. The average Bonchev–Trinajstić information content (AvgIpc) is 2.44. The molecule has 4 nitrogen and oxygen atoms in total. The van der Waals surface area contributed by atoms with E-state index in [1.165, 1.54) is 0 Å². The Morgan fingerprint density at radius 3 is 2.57 bits per heavy atom. The maximum atomic E-state index is 12.1. The fourth-order valence-electron chi connectivity index (χ4n) is 2.25. The molecule has 8 heteroatoms. The van der Waals surface area contributed by atoms with Crippen molar-refractivity contribution >= 4 is 16.5 Å². The van der Waals surface area contributed by atoms with Crippen LogP contribution in [0.3, 0.4) is 0 Å². The molecule has 120 valence electrons. The van der Waals surface area contributed by atoms with E-state index in [1.807, 2.05) is 13.0 Å². The van der Waals surface area contributed by atoms with Crippen LogP contribution in [-0.2, 0) is 15.6 Å². The van der Waals surface area contributed by atoms with Crippen molar-refractivity contribution in [3.8, 4) is 6.07 Å². The number of oxime groups is 1. The average molecular weight is 324 g/mol. The molecule has 21 heavy (non-hydrogen) atoms. The van der Waals surface area contributed by atoms with Gasteiger partial charge in [0, 0.05) is 16.6 Å². The third kappa shape index (κ3) is 6.46. The minimum absolute atomic E-state index is 0.135. The number of rotatable bonds is 6. The standard InChI is InChI=1S/C13H19F3N2O2S/c1-2-20-18-11-5-3-10(4-6-11)12(9-17)21(19)8-7-13(14,15)16/h10,12H,2-8H2,1H3. The zero-order valence-corrected chi connectivity index (χ0v) is 12.7. The summed E-state index contributed by atoms with van der Waals surface area (Å²) in [5.74, 6) is -0.636. The van der Waals surface area contributed by atoms with Crippen molar-refractivity contribution in [3.63, 3.8) is 0 Å². The van der Waals surface area contributed by atoms with Gasteiger partial charge in [0.15, 0.2) is 0 Å². The molecule has 1 aliphatic carbocycles. The van der Waals surface area contributed by atoms with Crippen LogP contribution in [0.1, 0.15) is 39.0 Å². The number of nitriles is 1. The van der Waals surface area contributed by atoms with E-state index in [4.69, 9.17) is 10.1 Å². The monoisotopic (exact) mass is 324 g/mol. The minimum Gasteiger partial charge on any atom is -0.396 e. The topological polar surface area (TPSA) is 62.4 Å². The van der Waals surface area contributed by atoms with Crippen molar-refractivity contribution in [2.24, 2.45) is 11.1 Å². The summed E-state index contributed by atoms with van der Waals surface area (Å²) >= 11 is 0. The zero-order valence-electron chi connectivity index (χ0n) is 11.9. The number of halogens is 3. The molecular formula is C13H19F3N2O2S. The SMILES string of the molecule is CCON=C1CCC(C(C#N)S(=O)CCC(F)(F)F)CC1. The van der Waals surface area contributed by atoms with Gasteiger partial charge in [0.05, 0.1) is 18.2 Å². The van der Waals surface area contributed by atoms with Gasteiger partial charge in [-0.3, -0.25) is 4.21 Å². The Morgan fingerprint density at radius 2 is 2.10 bits per heavy atom. The van der Waals surface area contributed by atoms with Crippen molar-refractivity contribution in [2.45, 2.75) is 50.5 Å². The molecule has 0 aromatic heterocycles. The van der Waals surface area contributed by atoms with Crippen LogP contribution in [-0.4, -0.2) is 33.7 Å².